The van der Waals surface area contributed by atoms with Gasteiger partial charge in [-0.1, -0.05) is 40.0 Å². The predicted molar refractivity (Wildman–Crippen MR) is 70.5 cm³/mol. The lowest BCUT2D eigenvalue weighted by molar-refractivity contribution is 0.227. The Bertz CT molecular complexity index is 217. The molecule has 2 rings (SSSR count). The largest absolute Gasteiger partial charge is 0.313 e. The molecule has 1 heteroatoms. The molecule has 0 amide bonds. The van der Waals surface area contributed by atoms with Crippen molar-refractivity contribution in [2.45, 2.75) is 71.8 Å². The van der Waals surface area contributed by atoms with E-state index in [0.29, 0.717) is 5.41 Å². The van der Waals surface area contributed by atoms with Crippen LogP contribution in [0.1, 0.15) is 65.7 Å². The second-order valence-electron chi connectivity index (χ2n) is 6.46. The third kappa shape index (κ3) is 2.61. The minimum Gasteiger partial charge on any atom is -0.313 e. The third-order valence-corrected chi connectivity index (χ3v) is 5.27. The van der Waals surface area contributed by atoms with E-state index in [1.54, 1.807) is 0 Å². The van der Waals surface area contributed by atoms with Crippen molar-refractivity contribution in [1.82, 2.24) is 5.32 Å². The third-order valence-electron chi connectivity index (χ3n) is 5.27. The number of hydrogen-bond donors (Lipinski definition) is 1. The molecule has 2 fully saturated rings. The van der Waals surface area contributed by atoms with Gasteiger partial charge in [0, 0.05) is 12.6 Å². The smallest absolute Gasteiger partial charge is 0.00954 e. The van der Waals surface area contributed by atoms with Crippen molar-refractivity contribution in [2.75, 3.05) is 6.54 Å². The Labute approximate surface area is 101 Å². The van der Waals surface area contributed by atoms with Gasteiger partial charge in [0.2, 0.25) is 0 Å². The van der Waals surface area contributed by atoms with Gasteiger partial charge in [-0.15, -0.1) is 0 Å². The monoisotopic (exact) mass is 223 g/mol. The van der Waals surface area contributed by atoms with Gasteiger partial charge >= 0.3 is 0 Å². The van der Waals surface area contributed by atoms with E-state index in [0.717, 1.165) is 17.9 Å². The zero-order valence-corrected chi connectivity index (χ0v) is 11.4. The van der Waals surface area contributed by atoms with Crippen LogP contribution < -0.4 is 5.32 Å². The molecule has 0 aromatic carbocycles. The molecule has 2 saturated carbocycles. The van der Waals surface area contributed by atoms with E-state index in [9.17, 15) is 0 Å². The number of rotatable bonds is 5. The fourth-order valence-electron chi connectivity index (χ4n) is 3.42. The highest BCUT2D eigenvalue weighted by molar-refractivity contribution is 4.98. The minimum absolute atomic E-state index is 0.676. The fraction of sp³-hybridized carbons (Fsp3) is 1.00. The highest BCUT2D eigenvalue weighted by atomic mass is 14.9. The van der Waals surface area contributed by atoms with Gasteiger partial charge in [0.1, 0.15) is 0 Å². The summed E-state index contributed by atoms with van der Waals surface area (Å²) < 4.78 is 0. The lowest BCUT2D eigenvalue weighted by Crippen LogP contribution is -2.42. The van der Waals surface area contributed by atoms with Crippen LogP contribution in [0.4, 0.5) is 0 Å². The molecule has 0 radical (unpaired) electrons. The van der Waals surface area contributed by atoms with Crippen LogP contribution in [0, 0.1) is 17.3 Å². The molecular formula is C15H29N. The first-order chi connectivity index (χ1) is 7.68. The van der Waals surface area contributed by atoms with E-state index in [1.807, 2.05) is 0 Å². The average molecular weight is 223 g/mol. The Morgan fingerprint density at radius 3 is 2.44 bits per heavy atom. The molecule has 0 saturated heterocycles. The average Bonchev–Trinajstić information content (AvgIpc) is 3.08. The summed E-state index contributed by atoms with van der Waals surface area (Å²) in [6, 6.07) is 0.829. The fourth-order valence-corrected chi connectivity index (χ4v) is 3.42. The maximum absolute atomic E-state index is 3.91. The topological polar surface area (TPSA) is 12.0 Å². The summed E-state index contributed by atoms with van der Waals surface area (Å²) in [7, 11) is 0. The molecular weight excluding hydrogens is 194 g/mol. The van der Waals surface area contributed by atoms with Crippen LogP contribution in [0.3, 0.4) is 0 Å². The lowest BCUT2D eigenvalue weighted by Gasteiger charge is -2.33. The molecule has 0 aromatic rings. The maximum atomic E-state index is 3.91. The van der Waals surface area contributed by atoms with E-state index in [4.69, 9.17) is 0 Å². The summed E-state index contributed by atoms with van der Waals surface area (Å²) in [5.74, 6) is 1.82. The van der Waals surface area contributed by atoms with E-state index < -0.39 is 0 Å². The predicted octanol–water partition coefficient (Wildman–Crippen LogP) is 3.98. The van der Waals surface area contributed by atoms with Crippen molar-refractivity contribution in [3.63, 3.8) is 0 Å². The van der Waals surface area contributed by atoms with Gasteiger partial charge in [0.05, 0.1) is 0 Å². The van der Waals surface area contributed by atoms with Crippen LogP contribution in [0.2, 0.25) is 0 Å². The normalized spacial score (nSPS) is 33.0. The molecule has 2 aliphatic carbocycles. The van der Waals surface area contributed by atoms with Crippen molar-refractivity contribution in [1.29, 1.82) is 0 Å². The van der Waals surface area contributed by atoms with Crippen LogP contribution in [0.25, 0.3) is 0 Å². The van der Waals surface area contributed by atoms with Gasteiger partial charge in [-0.05, 0) is 42.9 Å². The van der Waals surface area contributed by atoms with E-state index in [-0.39, 0.29) is 0 Å². The molecule has 0 aliphatic heterocycles. The highest BCUT2D eigenvalue weighted by Gasteiger charge is 2.45. The van der Waals surface area contributed by atoms with Crippen LogP contribution in [-0.2, 0) is 0 Å². The summed E-state index contributed by atoms with van der Waals surface area (Å²) in [6.45, 7) is 8.44. The van der Waals surface area contributed by atoms with Crippen molar-refractivity contribution >= 4 is 0 Å². The summed E-state index contributed by atoms with van der Waals surface area (Å²) in [6.07, 6.45) is 10.1. The first-order valence-electron chi connectivity index (χ1n) is 7.41. The molecule has 2 unspecified atom stereocenters. The molecule has 2 atom stereocenters. The number of hydrogen-bond acceptors (Lipinski definition) is 1. The second-order valence-corrected chi connectivity index (χ2v) is 6.46. The van der Waals surface area contributed by atoms with Crippen LogP contribution in [0.5, 0.6) is 0 Å². The molecule has 1 N–H and O–H groups in total. The Morgan fingerprint density at radius 1 is 1.19 bits per heavy atom. The summed E-state index contributed by atoms with van der Waals surface area (Å²) in [5, 5.41) is 3.91. The van der Waals surface area contributed by atoms with Crippen molar-refractivity contribution in [2.24, 2.45) is 17.3 Å². The van der Waals surface area contributed by atoms with Crippen molar-refractivity contribution < 1.29 is 0 Å². The quantitative estimate of drug-likeness (QED) is 0.743. The van der Waals surface area contributed by atoms with Crippen LogP contribution >= 0.6 is 0 Å². The first-order valence-corrected chi connectivity index (χ1v) is 7.41. The minimum atomic E-state index is 0.676. The van der Waals surface area contributed by atoms with Crippen LogP contribution in [0.15, 0.2) is 0 Å². The van der Waals surface area contributed by atoms with E-state index >= 15 is 0 Å². The Balaban J connectivity index is 1.80. The molecule has 0 aromatic heterocycles. The first kappa shape index (κ1) is 12.4. The maximum Gasteiger partial charge on any atom is 0.00954 e. The zero-order chi connectivity index (χ0) is 11.6. The molecule has 94 valence electrons. The van der Waals surface area contributed by atoms with Crippen LogP contribution in [-0.4, -0.2) is 12.6 Å². The Hall–Kier alpha value is -0.0400. The van der Waals surface area contributed by atoms with Crippen molar-refractivity contribution in [3.8, 4) is 0 Å². The summed E-state index contributed by atoms with van der Waals surface area (Å²) in [4.78, 5) is 0. The summed E-state index contributed by atoms with van der Waals surface area (Å²) in [5.41, 5.74) is 0.676. The zero-order valence-electron chi connectivity index (χ0n) is 11.4. The molecule has 16 heavy (non-hydrogen) atoms. The van der Waals surface area contributed by atoms with Crippen molar-refractivity contribution in [3.05, 3.63) is 0 Å². The molecule has 1 nitrogen and oxygen atoms in total. The van der Waals surface area contributed by atoms with Gasteiger partial charge in [-0.2, -0.15) is 0 Å². The van der Waals surface area contributed by atoms with Gasteiger partial charge < -0.3 is 5.32 Å². The van der Waals surface area contributed by atoms with E-state index in [2.05, 4.69) is 26.1 Å². The van der Waals surface area contributed by atoms with Gasteiger partial charge in [-0.3, -0.25) is 0 Å². The van der Waals surface area contributed by atoms with Gasteiger partial charge in [0.25, 0.3) is 0 Å². The molecule has 0 spiro atoms. The number of nitrogens with one attached hydrogen (secondary N) is 1. The van der Waals surface area contributed by atoms with E-state index in [1.165, 1.54) is 51.5 Å². The highest BCUT2D eigenvalue weighted by Crippen LogP contribution is 2.51. The van der Waals surface area contributed by atoms with Gasteiger partial charge in [-0.25, -0.2) is 0 Å². The Morgan fingerprint density at radius 2 is 1.88 bits per heavy atom. The molecule has 0 heterocycles. The lowest BCUT2D eigenvalue weighted by atomic mass is 9.82. The van der Waals surface area contributed by atoms with Gasteiger partial charge in [0.15, 0.2) is 0 Å². The summed E-state index contributed by atoms with van der Waals surface area (Å²) >= 11 is 0. The second kappa shape index (κ2) is 5.08. The Kier molecular flexibility index (Phi) is 3.94. The molecule has 2 aliphatic rings. The SMILES string of the molecule is CCC1CCCCC1NCC1(C(C)C)CC1. The standard InChI is InChI=1S/C15H29N/c1-4-13-7-5-6-8-14(13)16-11-15(9-10-15)12(2)3/h12-14,16H,4-11H2,1-3H3. The molecule has 0 bridgehead atoms.